The molecule has 0 aliphatic heterocycles. The minimum atomic E-state index is -0.677. The number of carbonyl (C=O) groups excluding carboxylic acids is 2. The number of carbonyl (C=O) groups is 2. The molecule has 0 amide bonds. The van der Waals surface area contributed by atoms with E-state index in [0.717, 1.165) is 5.56 Å². The maximum absolute atomic E-state index is 12.8. The monoisotopic (exact) mass is 446 g/mol. The van der Waals surface area contributed by atoms with Crippen LogP contribution in [0.25, 0.3) is 33.1 Å². The maximum atomic E-state index is 12.8. The summed E-state index contributed by atoms with van der Waals surface area (Å²) in [6.07, 6.45) is 2.89. The minimum Gasteiger partial charge on any atom is -0.458 e. The molecule has 33 heavy (non-hydrogen) atoms. The predicted molar refractivity (Wildman–Crippen MR) is 126 cm³/mol. The fraction of sp³-hybridized carbons (Fsp3) is 0.120. The van der Waals surface area contributed by atoms with Crippen LogP contribution >= 0.6 is 0 Å². The Morgan fingerprint density at radius 2 is 1.52 bits per heavy atom. The fourth-order valence-electron chi connectivity index (χ4n) is 3.67. The fourth-order valence-corrected chi connectivity index (χ4v) is 3.67. The Labute approximate surface area is 189 Å². The number of fused-ring (bicyclic) bond motifs is 2. The van der Waals surface area contributed by atoms with Crippen LogP contribution in [0.15, 0.2) is 64.5 Å². The van der Waals surface area contributed by atoms with Crippen molar-refractivity contribution in [1.82, 2.24) is 0 Å². The summed E-state index contributed by atoms with van der Waals surface area (Å²) in [5.41, 5.74) is 15.0. The molecular formula is C25H22N2O6. The third-order valence-corrected chi connectivity index (χ3v) is 5.10. The van der Waals surface area contributed by atoms with Crippen LogP contribution in [0, 0.1) is 6.92 Å². The quantitative estimate of drug-likeness (QED) is 0.299. The highest BCUT2D eigenvalue weighted by atomic mass is 16.5. The Hall–Kier alpha value is -4.46. The van der Waals surface area contributed by atoms with Crippen molar-refractivity contribution in [3.63, 3.8) is 0 Å². The van der Waals surface area contributed by atoms with Gasteiger partial charge in [-0.2, -0.15) is 0 Å². The van der Waals surface area contributed by atoms with Crippen molar-refractivity contribution in [2.24, 2.45) is 0 Å². The molecule has 0 saturated heterocycles. The largest absolute Gasteiger partial charge is 0.458 e. The Morgan fingerprint density at radius 3 is 2.12 bits per heavy atom. The van der Waals surface area contributed by atoms with Gasteiger partial charge in [0.05, 0.1) is 0 Å². The molecule has 2 aromatic heterocycles. The third-order valence-electron chi connectivity index (χ3n) is 5.10. The van der Waals surface area contributed by atoms with Crippen LogP contribution in [-0.4, -0.2) is 25.2 Å². The lowest BCUT2D eigenvalue weighted by Gasteiger charge is -2.08. The molecule has 4 aromatic rings. The Morgan fingerprint density at radius 1 is 0.939 bits per heavy atom. The van der Waals surface area contributed by atoms with Crippen LogP contribution in [0.1, 0.15) is 26.3 Å². The molecule has 2 aromatic carbocycles. The number of anilines is 2. The molecule has 8 nitrogen and oxygen atoms in total. The van der Waals surface area contributed by atoms with Crippen molar-refractivity contribution >= 4 is 45.6 Å². The zero-order valence-electron chi connectivity index (χ0n) is 18.0. The number of benzene rings is 2. The van der Waals surface area contributed by atoms with Crippen LogP contribution < -0.4 is 11.5 Å². The molecule has 4 rings (SSSR count). The summed E-state index contributed by atoms with van der Waals surface area (Å²) in [6, 6.07) is 9.09. The van der Waals surface area contributed by atoms with E-state index in [1.165, 1.54) is 12.2 Å². The molecule has 0 spiro atoms. The second-order valence-electron chi connectivity index (χ2n) is 7.32. The maximum Gasteiger partial charge on any atom is 0.344 e. The van der Waals surface area contributed by atoms with Gasteiger partial charge < -0.3 is 29.8 Å². The highest BCUT2D eigenvalue weighted by Crippen LogP contribution is 2.45. The first kappa shape index (κ1) is 21.8. The van der Waals surface area contributed by atoms with Gasteiger partial charge in [0.25, 0.3) is 0 Å². The van der Waals surface area contributed by atoms with Crippen molar-refractivity contribution in [2.75, 3.05) is 24.7 Å². The highest BCUT2D eigenvalue weighted by Gasteiger charge is 2.30. The van der Waals surface area contributed by atoms with Gasteiger partial charge in [0.2, 0.25) is 11.8 Å². The summed E-state index contributed by atoms with van der Waals surface area (Å²) < 4.78 is 22.0. The van der Waals surface area contributed by atoms with E-state index in [1.807, 2.05) is 31.2 Å². The van der Waals surface area contributed by atoms with E-state index in [4.69, 9.17) is 29.8 Å². The van der Waals surface area contributed by atoms with Gasteiger partial charge in [0.15, 0.2) is 0 Å². The molecule has 0 bridgehead atoms. The summed E-state index contributed by atoms with van der Waals surface area (Å²) in [5, 5.41) is 0.752. The molecule has 0 saturated carbocycles. The number of hydrogen-bond donors (Lipinski definition) is 2. The van der Waals surface area contributed by atoms with Crippen molar-refractivity contribution in [3.8, 4) is 11.1 Å². The first-order chi connectivity index (χ1) is 15.9. The summed E-state index contributed by atoms with van der Waals surface area (Å²) in [4.78, 5) is 25.5. The normalized spacial score (nSPS) is 10.9. The SMILES string of the molecule is C=CCOC(=O)c1c(N)oc2c(-c3ccc(C)cc3)c3c(C(=O)OCC=C)c(N)oc3cc12. The molecule has 168 valence electrons. The van der Waals surface area contributed by atoms with Gasteiger partial charge in [0, 0.05) is 16.3 Å². The van der Waals surface area contributed by atoms with Gasteiger partial charge in [0.1, 0.15) is 35.5 Å². The number of nitrogen functional groups attached to an aromatic ring is 2. The zero-order chi connectivity index (χ0) is 23.7. The van der Waals surface area contributed by atoms with Gasteiger partial charge in [-0.15, -0.1) is 0 Å². The topological polar surface area (TPSA) is 131 Å². The van der Waals surface area contributed by atoms with E-state index in [0.29, 0.717) is 21.9 Å². The summed E-state index contributed by atoms with van der Waals surface area (Å²) in [6.45, 7) is 9.05. The van der Waals surface area contributed by atoms with Crippen molar-refractivity contribution in [3.05, 3.63) is 72.3 Å². The lowest BCUT2D eigenvalue weighted by molar-refractivity contribution is 0.0543. The Balaban J connectivity index is 2.09. The number of nitrogens with two attached hydrogens (primary N) is 2. The number of furan rings is 2. The summed E-state index contributed by atoms with van der Waals surface area (Å²) in [7, 11) is 0. The summed E-state index contributed by atoms with van der Waals surface area (Å²) >= 11 is 0. The molecule has 0 aliphatic carbocycles. The van der Waals surface area contributed by atoms with E-state index in [2.05, 4.69) is 13.2 Å². The third kappa shape index (κ3) is 3.71. The molecule has 0 fully saturated rings. The second kappa shape index (κ2) is 8.58. The lowest BCUT2D eigenvalue weighted by atomic mass is 9.95. The van der Waals surface area contributed by atoms with E-state index in [9.17, 15) is 9.59 Å². The molecule has 2 heterocycles. The van der Waals surface area contributed by atoms with Crippen LogP contribution in [0.5, 0.6) is 0 Å². The van der Waals surface area contributed by atoms with Crippen molar-refractivity contribution in [1.29, 1.82) is 0 Å². The average Bonchev–Trinajstić information content (AvgIpc) is 3.29. The van der Waals surface area contributed by atoms with E-state index in [-0.39, 0.29) is 47.3 Å². The standard InChI is InChI=1S/C25H22N2O6/c1-4-10-30-24(28)18-15-12-16-19(20(23(27)32-16)25(29)31-11-5-2)17(21(15)33-22(18)26)14-8-6-13(3)7-9-14/h4-9,12H,1-2,10-11,26-27H2,3H3. The van der Waals surface area contributed by atoms with Gasteiger partial charge in [-0.1, -0.05) is 55.1 Å². The van der Waals surface area contributed by atoms with Gasteiger partial charge in [-0.05, 0) is 18.6 Å². The molecule has 8 heteroatoms. The second-order valence-corrected chi connectivity index (χ2v) is 7.32. The predicted octanol–water partition coefficient (Wildman–Crippen LogP) is 5.00. The number of esters is 2. The van der Waals surface area contributed by atoms with Gasteiger partial charge >= 0.3 is 11.9 Å². The molecular weight excluding hydrogens is 424 g/mol. The molecule has 0 unspecified atom stereocenters. The Bertz CT molecular complexity index is 1410. The first-order valence-electron chi connectivity index (χ1n) is 10.1. The van der Waals surface area contributed by atoms with E-state index < -0.39 is 11.9 Å². The van der Waals surface area contributed by atoms with Crippen LogP contribution in [0.3, 0.4) is 0 Å². The summed E-state index contributed by atoms with van der Waals surface area (Å²) in [5.74, 6) is -1.60. The highest BCUT2D eigenvalue weighted by molar-refractivity contribution is 6.22. The molecule has 0 atom stereocenters. The van der Waals surface area contributed by atoms with Crippen LogP contribution in [0.4, 0.5) is 11.8 Å². The minimum absolute atomic E-state index is 0.0000480. The van der Waals surface area contributed by atoms with E-state index >= 15 is 0 Å². The molecule has 0 radical (unpaired) electrons. The van der Waals surface area contributed by atoms with Gasteiger partial charge in [-0.25, -0.2) is 9.59 Å². The van der Waals surface area contributed by atoms with Gasteiger partial charge in [-0.3, -0.25) is 0 Å². The average molecular weight is 446 g/mol. The first-order valence-corrected chi connectivity index (χ1v) is 10.1. The number of hydrogen-bond acceptors (Lipinski definition) is 8. The number of aryl methyl sites for hydroxylation is 1. The van der Waals surface area contributed by atoms with Crippen molar-refractivity contribution in [2.45, 2.75) is 6.92 Å². The molecule has 4 N–H and O–H groups in total. The number of rotatable bonds is 7. The molecule has 0 aliphatic rings. The smallest absolute Gasteiger partial charge is 0.344 e. The van der Waals surface area contributed by atoms with Crippen LogP contribution in [-0.2, 0) is 9.47 Å². The van der Waals surface area contributed by atoms with Crippen LogP contribution in [0.2, 0.25) is 0 Å². The zero-order valence-corrected chi connectivity index (χ0v) is 18.0. The Kier molecular flexibility index (Phi) is 5.66. The van der Waals surface area contributed by atoms with E-state index in [1.54, 1.807) is 6.07 Å². The number of ether oxygens (including phenoxy) is 2. The lowest BCUT2D eigenvalue weighted by Crippen LogP contribution is -2.07. The van der Waals surface area contributed by atoms with Crippen molar-refractivity contribution < 1.29 is 27.9 Å².